The SMILES string of the molecule is CC(OC(=O)C1=C(SC2CNC(=O)C2)[C@H](C)[C@@H]2[C@@H]([C@@H](C)O)C(=O)N12)OC(=O)C1CCCCC1. The second-order valence-electron chi connectivity index (χ2n) is 9.46. The summed E-state index contributed by atoms with van der Waals surface area (Å²) in [6.07, 6.45) is 3.05. The maximum atomic E-state index is 13.2. The Balaban J connectivity index is 1.49. The van der Waals surface area contributed by atoms with E-state index in [0.717, 1.165) is 32.1 Å². The Morgan fingerprint density at radius 3 is 2.45 bits per heavy atom. The van der Waals surface area contributed by atoms with Gasteiger partial charge in [0.05, 0.1) is 24.0 Å². The first-order valence-electron chi connectivity index (χ1n) is 11.8. The molecule has 2 saturated heterocycles. The van der Waals surface area contributed by atoms with Crippen molar-refractivity contribution in [3.8, 4) is 0 Å². The molecule has 4 rings (SSSR count). The van der Waals surface area contributed by atoms with Crippen LogP contribution in [0, 0.1) is 17.8 Å². The van der Waals surface area contributed by atoms with Crippen LogP contribution in [0.2, 0.25) is 0 Å². The molecule has 0 spiro atoms. The van der Waals surface area contributed by atoms with E-state index >= 15 is 0 Å². The number of nitrogens with one attached hydrogen (secondary N) is 1. The molecule has 0 aromatic heterocycles. The fourth-order valence-corrected chi connectivity index (χ4v) is 6.75. The van der Waals surface area contributed by atoms with Crippen molar-refractivity contribution in [2.45, 2.75) is 83.0 Å². The van der Waals surface area contributed by atoms with Crippen molar-refractivity contribution in [3.05, 3.63) is 10.6 Å². The number of aliphatic hydroxyl groups excluding tert-OH is 1. The van der Waals surface area contributed by atoms with Gasteiger partial charge in [0.15, 0.2) is 0 Å². The van der Waals surface area contributed by atoms with E-state index in [2.05, 4.69) is 5.32 Å². The molecule has 182 valence electrons. The molecule has 0 bridgehead atoms. The Kier molecular flexibility index (Phi) is 7.04. The highest BCUT2D eigenvalue weighted by Crippen LogP contribution is 2.52. The molecule has 10 heteroatoms. The summed E-state index contributed by atoms with van der Waals surface area (Å²) in [5, 5.41) is 12.8. The minimum atomic E-state index is -1.08. The molecule has 1 saturated carbocycles. The Bertz CT molecular complexity index is 867. The third kappa shape index (κ3) is 4.64. The van der Waals surface area contributed by atoms with Crippen LogP contribution in [0.4, 0.5) is 0 Å². The van der Waals surface area contributed by atoms with Crippen LogP contribution < -0.4 is 5.32 Å². The van der Waals surface area contributed by atoms with Gasteiger partial charge in [0, 0.05) is 36.0 Å². The van der Waals surface area contributed by atoms with Crippen LogP contribution in [-0.4, -0.2) is 64.0 Å². The van der Waals surface area contributed by atoms with Gasteiger partial charge in [-0.1, -0.05) is 26.2 Å². The molecule has 3 fully saturated rings. The lowest BCUT2D eigenvalue weighted by atomic mass is 9.79. The topological polar surface area (TPSA) is 122 Å². The lowest BCUT2D eigenvalue weighted by molar-refractivity contribution is -0.188. The van der Waals surface area contributed by atoms with E-state index in [-0.39, 0.29) is 46.6 Å². The number of hydrogen-bond donors (Lipinski definition) is 2. The lowest BCUT2D eigenvalue weighted by Gasteiger charge is -2.46. The fourth-order valence-electron chi connectivity index (χ4n) is 5.34. The molecule has 3 aliphatic heterocycles. The first-order chi connectivity index (χ1) is 15.7. The van der Waals surface area contributed by atoms with Crippen molar-refractivity contribution in [2.24, 2.45) is 17.8 Å². The minimum absolute atomic E-state index is 0.0488. The molecule has 2 unspecified atom stereocenters. The predicted octanol–water partition coefficient (Wildman–Crippen LogP) is 1.69. The molecule has 0 radical (unpaired) electrons. The minimum Gasteiger partial charge on any atom is -0.425 e. The molecule has 6 atom stereocenters. The number of thioether (sulfide) groups is 1. The molecule has 3 heterocycles. The highest BCUT2D eigenvalue weighted by Gasteiger charge is 2.60. The number of rotatable bonds is 7. The number of esters is 2. The second-order valence-corrected chi connectivity index (χ2v) is 10.8. The standard InChI is InChI=1S/C23H32N2O7S/c1-11-18-17(12(2)26)21(28)25(18)19(20(11)33-15-9-16(27)24-10-15)23(30)32-13(3)31-22(29)14-7-5-4-6-8-14/h11-15,17-18,26H,4-10H2,1-3H3,(H,24,27)/t11-,12-,13?,15?,17-,18-/m1/s1. The molecular weight excluding hydrogens is 448 g/mol. The Hall–Kier alpha value is -2.07. The number of hydrogen-bond acceptors (Lipinski definition) is 8. The summed E-state index contributed by atoms with van der Waals surface area (Å²) in [6, 6.07) is -0.340. The molecular formula is C23H32N2O7S. The van der Waals surface area contributed by atoms with Gasteiger partial charge in [-0.3, -0.25) is 14.4 Å². The van der Waals surface area contributed by atoms with Crippen LogP contribution in [0.5, 0.6) is 0 Å². The smallest absolute Gasteiger partial charge is 0.358 e. The third-order valence-corrected chi connectivity index (χ3v) is 8.51. The van der Waals surface area contributed by atoms with Crippen molar-refractivity contribution in [2.75, 3.05) is 6.54 Å². The summed E-state index contributed by atoms with van der Waals surface area (Å²) < 4.78 is 10.9. The average molecular weight is 481 g/mol. The van der Waals surface area contributed by atoms with Gasteiger partial charge >= 0.3 is 11.9 Å². The number of ether oxygens (including phenoxy) is 2. The Morgan fingerprint density at radius 1 is 1.15 bits per heavy atom. The second kappa shape index (κ2) is 9.66. The number of amides is 2. The first kappa shape index (κ1) is 24.1. The van der Waals surface area contributed by atoms with Gasteiger partial charge in [0.1, 0.15) is 5.70 Å². The van der Waals surface area contributed by atoms with Gasteiger partial charge < -0.3 is 24.8 Å². The van der Waals surface area contributed by atoms with Crippen molar-refractivity contribution >= 4 is 35.5 Å². The van der Waals surface area contributed by atoms with Crippen molar-refractivity contribution in [3.63, 3.8) is 0 Å². The quantitative estimate of drug-likeness (QED) is 0.321. The number of carbonyl (C=O) groups is 4. The summed E-state index contributed by atoms with van der Waals surface area (Å²) in [5.74, 6) is -2.41. The normalized spacial score (nSPS) is 31.6. The molecule has 0 aromatic carbocycles. The van der Waals surface area contributed by atoms with Gasteiger partial charge in [-0.15, -0.1) is 11.8 Å². The van der Waals surface area contributed by atoms with E-state index in [4.69, 9.17) is 9.47 Å². The summed E-state index contributed by atoms with van der Waals surface area (Å²) in [4.78, 5) is 52.2. The zero-order valence-corrected chi connectivity index (χ0v) is 20.1. The van der Waals surface area contributed by atoms with Crippen LogP contribution in [0.25, 0.3) is 0 Å². The Morgan fingerprint density at radius 2 is 1.85 bits per heavy atom. The summed E-state index contributed by atoms with van der Waals surface area (Å²) in [7, 11) is 0. The van der Waals surface area contributed by atoms with E-state index in [0.29, 0.717) is 17.9 Å². The maximum absolute atomic E-state index is 13.2. The van der Waals surface area contributed by atoms with Gasteiger partial charge in [-0.05, 0) is 19.8 Å². The van der Waals surface area contributed by atoms with Crippen molar-refractivity contribution < 1.29 is 33.8 Å². The number of fused-ring (bicyclic) bond motifs is 1. The van der Waals surface area contributed by atoms with Crippen molar-refractivity contribution in [1.29, 1.82) is 0 Å². The first-order valence-corrected chi connectivity index (χ1v) is 12.7. The monoisotopic (exact) mass is 480 g/mol. The van der Waals surface area contributed by atoms with E-state index < -0.39 is 24.3 Å². The van der Waals surface area contributed by atoms with Gasteiger partial charge in [-0.2, -0.15) is 0 Å². The van der Waals surface area contributed by atoms with Gasteiger partial charge in [0.25, 0.3) is 0 Å². The fraction of sp³-hybridized carbons (Fsp3) is 0.739. The molecule has 0 aromatic rings. The van der Waals surface area contributed by atoms with Gasteiger partial charge in [-0.25, -0.2) is 4.79 Å². The van der Waals surface area contributed by atoms with Crippen LogP contribution in [0.1, 0.15) is 59.3 Å². The highest BCUT2D eigenvalue weighted by atomic mass is 32.2. The largest absolute Gasteiger partial charge is 0.425 e. The molecule has 1 aliphatic carbocycles. The molecule has 9 nitrogen and oxygen atoms in total. The van der Waals surface area contributed by atoms with E-state index in [1.807, 2.05) is 6.92 Å². The predicted molar refractivity (Wildman–Crippen MR) is 119 cm³/mol. The van der Waals surface area contributed by atoms with E-state index in [1.165, 1.54) is 23.6 Å². The zero-order valence-electron chi connectivity index (χ0n) is 19.2. The molecule has 33 heavy (non-hydrogen) atoms. The summed E-state index contributed by atoms with van der Waals surface area (Å²) >= 11 is 1.40. The number of β-lactam (4-membered cyclic amide) rings is 1. The van der Waals surface area contributed by atoms with Crippen LogP contribution in [-0.2, 0) is 28.7 Å². The maximum Gasteiger partial charge on any atom is 0.358 e. The van der Waals surface area contributed by atoms with Gasteiger partial charge in [0.2, 0.25) is 18.1 Å². The van der Waals surface area contributed by atoms with Crippen molar-refractivity contribution in [1.82, 2.24) is 10.2 Å². The van der Waals surface area contributed by atoms with Crippen LogP contribution >= 0.6 is 11.8 Å². The van der Waals surface area contributed by atoms with E-state index in [1.54, 1.807) is 6.92 Å². The molecule has 2 N–H and O–H groups in total. The van der Waals surface area contributed by atoms with E-state index in [9.17, 15) is 24.3 Å². The number of aliphatic hydroxyl groups is 1. The van der Waals surface area contributed by atoms with Crippen LogP contribution in [0.15, 0.2) is 10.6 Å². The molecule has 2 amide bonds. The summed E-state index contributed by atoms with van der Waals surface area (Å²) in [6.45, 7) is 5.47. The zero-order chi connectivity index (χ0) is 23.9. The summed E-state index contributed by atoms with van der Waals surface area (Å²) in [5.41, 5.74) is 0.138. The number of nitrogens with zero attached hydrogens (tertiary/aromatic N) is 1. The lowest BCUT2D eigenvalue weighted by Crippen LogP contribution is -2.63. The average Bonchev–Trinajstić information content (AvgIpc) is 3.27. The Labute approximate surface area is 197 Å². The van der Waals surface area contributed by atoms with Crippen LogP contribution in [0.3, 0.4) is 0 Å². The third-order valence-electron chi connectivity index (χ3n) is 7.03. The molecule has 4 aliphatic rings. The highest BCUT2D eigenvalue weighted by molar-refractivity contribution is 8.03. The number of carbonyl (C=O) groups excluding carboxylic acids is 4.